The predicted octanol–water partition coefficient (Wildman–Crippen LogP) is 4.70. The van der Waals surface area contributed by atoms with Crippen LogP contribution in [0.25, 0.3) is 11.1 Å². The zero-order chi connectivity index (χ0) is 20.6. The van der Waals surface area contributed by atoms with Gasteiger partial charge in [0.25, 0.3) is 0 Å². The number of hydrogen-bond donors (Lipinski definition) is 0. The first-order valence-electron chi connectivity index (χ1n) is 11.1. The third-order valence-corrected chi connectivity index (χ3v) is 5.97. The number of benzene rings is 2. The quantitative estimate of drug-likeness (QED) is 0.443. The standard InChI is InChI=1S/C25H36N2O2/c1-5-26(6-2)13-15-28-22-11-12-24-21(18-22)17-20-9-10-23(19-25(20)24)29-16-14-27(7-3)8-4/h9-12,18-19H,5-8,13-17H2,1-4H3. The summed E-state index contributed by atoms with van der Waals surface area (Å²) in [7, 11) is 0. The molecule has 158 valence electrons. The first kappa shape index (κ1) is 21.7. The van der Waals surface area contributed by atoms with E-state index >= 15 is 0 Å². The van der Waals surface area contributed by atoms with E-state index in [1.54, 1.807) is 0 Å². The van der Waals surface area contributed by atoms with Gasteiger partial charge < -0.3 is 19.3 Å². The fourth-order valence-electron chi connectivity index (χ4n) is 3.99. The van der Waals surface area contributed by atoms with Gasteiger partial charge in [-0.15, -0.1) is 0 Å². The van der Waals surface area contributed by atoms with E-state index in [1.807, 2.05) is 0 Å². The van der Waals surface area contributed by atoms with Crippen LogP contribution in [0, 0.1) is 0 Å². The molecule has 0 spiro atoms. The molecule has 0 fully saturated rings. The largest absolute Gasteiger partial charge is 0.492 e. The highest BCUT2D eigenvalue weighted by Gasteiger charge is 2.19. The monoisotopic (exact) mass is 396 g/mol. The Bertz CT molecular complexity index is 782. The fraction of sp³-hybridized carbons (Fsp3) is 0.520. The number of nitrogens with zero attached hydrogens (tertiary/aromatic N) is 2. The van der Waals surface area contributed by atoms with Gasteiger partial charge in [0.2, 0.25) is 0 Å². The van der Waals surface area contributed by atoms with Crippen LogP contribution in [0.2, 0.25) is 0 Å². The molecule has 0 saturated carbocycles. The maximum atomic E-state index is 6.03. The van der Waals surface area contributed by atoms with Crippen LogP contribution < -0.4 is 9.47 Å². The second kappa shape index (κ2) is 10.7. The average molecular weight is 397 g/mol. The Morgan fingerprint density at radius 1 is 0.655 bits per heavy atom. The third-order valence-electron chi connectivity index (χ3n) is 5.97. The minimum absolute atomic E-state index is 0.729. The number of hydrogen-bond acceptors (Lipinski definition) is 4. The first-order valence-corrected chi connectivity index (χ1v) is 11.1. The van der Waals surface area contributed by atoms with Gasteiger partial charge in [-0.3, -0.25) is 0 Å². The molecule has 0 bridgehead atoms. The summed E-state index contributed by atoms with van der Waals surface area (Å²) in [6, 6.07) is 13.0. The van der Waals surface area contributed by atoms with E-state index in [4.69, 9.17) is 9.47 Å². The van der Waals surface area contributed by atoms with E-state index in [-0.39, 0.29) is 0 Å². The topological polar surface area (TPSA) is 24.9 Å². The van der Waals surface area contributed by atoms with Crippen molar-refractivity contribution in [2.24, 2.45) is 0 Å². The Hall–Kier alpha value is -2.04. The number of fused-ring (bicyclic) bond motifs is 3. The van der Waals surface area contributed by atoms with Crippen LogP contribution in [0.15, 0.2) is 36.4 Å². The molecule has 0 radical (unpaired) electrons. The highest BCUT2D eigenvalue weighted by molar-refractivity contribution is 5.78. The Balaban J connectivity index is 1.61. The Morgan fingerprint density at radius 2 is 1.21 bits per heavy atom. The molecule has 0 aliphatic heterocycles. The molecule has 0 amide bonds. The van der Waals surface area contributed by atoms with Crippen LogP contribution in [0.1, 0.15) is 38.8 Å². The summed E-state index contributed by atoms with van der Waals surface area (Å²) in [6.45, 7) is 16.4. The van der Waals surface area contributed by atoms with Crippen molar-refractivity contribution in [3.63, 3.8) is 0 Å². The van der Waals surface area contributed by atoms with Gasteiger partial charge in [0, 0.05) is 13.1 Å². The molecule has 2 aromatic rings. The second-order valence-corrected chi connectivity index (χ2v) is 7.57. The van der Waals surface area contributed by atoms with Crippen molar-refractivity contribution in [3.05, 3.63) is 47.5 Å². The Kier molecular flexibility index (Phi) is 7.96. The van der Waals surface area contributed by atoms with Gasteiger partial charge in [0.15, 0.2) is 0 Å². The average Bonchev–Trinajstić information content (AvgIpc) is 3.11. The van der Waals surface area contributed by atoms with Crippen LogP contribution in [-0.2, 0) is 6.42 Å². The van der Waals surface area contributed by atoms with E-state index in [9.17, 15) is 0 Å². The van der Waals surface area contributed by atoms with Crippen LogP contribution >= 0.6 is 0 Å². The molecule has 3 rings (SSSR count). The van der Waals surface area contributed by atoms with Gasteiger partial charge in [-0.25, -0.2) is 0 Å². The normalized spacial score (nSPS) is 12.3. The molecule has 4 heteroatoms. The Morgan fingerprint density at radius 3 is 1.79 bits per heavy atom. The van der Waals surface area contributed by atoms with Crippen molar-refractivity contribution in [3.8, 4) is 22.6 Å². The number of likely N-dealkylation sites (N-methyl/N-ethyl adjacent to an activating group) is 2. The zero-order valence-corrected chi connectivity index (χ0v) is 18.5. The van der Waals surface area contributed by atoms with Crippen molar-refractivity contribution in [1.82, 2.24) is 9.80 Å². The molecule has 1 aliphatic rings. The van der Waals surface area contributed by atoms with Crippen molar-refractivity contribution in [2.75, 3.05) is 52.5 Å². The van der Waals surface area contributed by atoms with E-state index in [1.165, 1.54) is 22.3 Å². The van der Waals surface area contributed by atoms with Gasteiger partial charge in [0.1, 0.15) is 24.7 Å². The molecule has 0 saturated heterocycles. The maximum absolute atomic E-state index is 6.03. The van der Waals surface area contributed by atoms with Gasteiger partial charge in [-0.2, -0.15) is 0 Å². The second-order valence-electron chi connectivity index (χ2n) is 7.57. The van der Waals surface area contributed by atoms with E-state index in [0.29, 0.717) is 0 Å². The van der Waals surface area contributed by atoms with Gasteiger partial charge in [-0.1, -0.05) is 39.8 Å². The summed E-state index contributed by atoms with van der Waals surface area (Å²) in [5, 5.41) is 0. The summed E-state index contributed by atoms with van der Waals surface area (Å²) in [5.41, 5.74) is 5.33. The molecular weight excluding hydrogens is 360 g/mol. The smallest absolute Gasteiger partial charge is 0.120 e. The number of ether oxygens (including phenoxy) is 2. The van der Waals surface area contributed by atoms with E-state index in [2.05, 4.69) is 73.9 Å². The molecule has 0 aromatic heterocycles. The van der Waals surface area contributed by atoms with E-state index in [0.717, 1.165) is 70.4 Å². The Labute approximate surface area is 176 Å². The number of rotatable bonds is 12. The summed E-state index contributed by atoms with van der Waals surface area (Å²) in [5.74, 6) is 1.93. The molecule has 1 aliphatic carbocycles. The first-order chi connectivity index (χ1) is 14.2. The highest BCUT2D eigenvalue weighted by atomic mass is 16.5. The van der Waals surface area contributed by atoms with Crippen molar-refractivity contribution >= 4 is 0 Å². The fourth-order valence-corrected chi connectivity index (χ4v) is 3.99. The molecule has 0 atom stereocenters. The molecule has 29 heavy (non-hydrogen) atoms. The highest BCUT2D eigenvalue weighted by Crippen LogP contribution is 2.40. The van der Waals surface area contributed by atoms with E-state index < -0.39 is 0 Å². The van der Waals surface area contributed by atoms with Crippen molar-refractivity contribution < 1.29 is 9.47 Å². The van der Waals surface area contributed by atoms with Crippen LogP contribution in [0.4, 0.5) is 0 Å². The third kappa shape index (κ3) is 5.52. The minimum atomic E-state index is 0.729. The van der Waals surface area contributed by atoms with Gasteiger partial charge in [-0.05, 0) is 79.1 Å². The predicted molar refractivity (Wildman–Crippen MR) is 121 cm³/mol. The molecule has 4 nitrogen and oxygen atoms in total. The summed E-state index contributed by atoms with van der Waals surface area (Å²) in [4.78, 5) is 4.76. The van der Waals surface area contributed by atoms with Crippen molar-refractivity contribution in [2.45, 2.75) is 34.1 Å². The van der Waals surface area contributed by atoms with Crippen LogP contribution in [0.5, 0.6) is 11.5 Å². The summed E-state index contributed by atoms with van der Waals surface area (Å²) in [6.07, 6.45) is 0.970. The lowest BCUT2D eigenvalue weighted by Gasteiger charge is -2.18. The lowest BCUT2D eigenvalue weighted by atomic mass is 10.1. The maximum Gasteiger partial charge on any atom is 0.120 e. The zero-order valence-electron chi connectivity index (χ0n) is 18.5. The molecule has 2 aromatic carbocycles. The van der Waals surface area contributed by atoms with Crippen LogP contribution in [0.3, 0.4) is 0 Å². The lowest BCUT2D eigenvalue weighted by molar-refractivity contribution is 0.223. The summed E-state index contributed by atoms with van der Waals surface area (Å²) >= 11 is 0. The molecule has 0 unspecified atom stereocenters. The summed E-state index contributed by atoms with van der Waals surface area (Å²) < 4.78 is 12.0. The molecule has 0 heterocycles. The minimum Gasteiger partial charge on any atom is -0.492 e. The SMILES string of the molecule is CCN(CC)CCOc1ccc2c(c1)Cc1ccc(OCCN(CC)CC)cc1-2. The lowest BCUT2D eigenvalue weighted by Crippen LogP contribution is -2.27. The molecular formula is C25H36N2O2. The molecule has 0 N–H and O–H groups in total. The van der Waals surface area contributed by atoms with Crippen molar-refractivity contribution in [1.29, 1.82) is 0 Å². The van der Waals surface area contributed by atoms with Gasteiger partial charge in [0.05, 0.1) is 0 Å². The van der Waals surface area contributed by atoms with Gasteiger partial charge >= 0.3 is 0 Å². The van der Waals surface area contributed by atoms with Crippen LogP contribution in [-0.4, -0.2) is 62.3 Å².